The SMILES string of the molecule is O=C(Cn1ccccc1=O)NNC(=O)c1ccc(Cl)s1. The number of nitrogens with zero attached hydrogens (tertiary/aromatic N) is 1. The Labute approximate surface area is 123 Å². The monoisotopic (exact) mass is 311 g/mol. The molecular weight excluding hydrogens is 302 g/mol. The van der Waals surface area contributed by atoms with Gasteiger partial charge in [0.05, 0.1) is 9.21 Å². The molecule has 0 saturated heterocycles. The molecule has 0 atom stereocenters. The van der Waals surface area contributed by atoms with Gasteiger partial charge in [0, 0.05) is 12.3 Å². The van der Waals surface area contributed by atoms with Gasteiger partial charge in [0.2, 0.25) is 0 Å². The van der Waals surface area contributed by atoms with Gasteiger partial charge < -0.3 is 4.57 Å². The van der Waals surface area contributed by atoms with E-state index in [-0.39, 0.29) is 12.1 Å². The van der Waals surface area contributed by atoms with Crippen molar-refractivity contribution >= 4 is 34.8 Å². The first-order chi connectivity index (χ1) is 9.56. The number of thiophene rings is 1. The lowest BCUT2D eigenvalue weighted by molar-refractivity contribution is -0.122. The van der Waals surface area contributed by atoms with Gasteiger partial charge in [0.25, 0.3) is 17.4 Å². The second-order valence-electron chi connectivity index (χ2n) is 3.77. The lowest BCUT2D eigenvalue weighted by Gasteiger charge is -2.07. The molecule has 2 N–H and O–H groups in total. The highest BCUT2D eigenvalue weighted by molar-refractivity contribution is 7.17. The van der Waals surface area contributed by atoms with Crippen LogP contribution in [0.2, 0.25) is 4.34 Å². The van der Waals surface area contributed by atoms with Crippen LogP contribution in [0.1, 0.15) is 9.67 Å². The number of aromatic nitrogens is 1. The summed E-state index contributed by atoms with van der Waals surface area (Å²) in [4.78, 5) is 35.0. The summed E-state index contributed by atoms with van der Waals surface area (Å²) in [6.45, 7) is -0.175. The largest absolute Gasteiger partial charge is 0.306 e. The topological polar surface area (TPSA) is 80.2 Å². The molecule has 0 aliphatic heterocycles. The fraction of sp³-hybridized carbons (Fsp3) is 0.0833. The molecule has 8 heteroatoms. The quantitative estimate of drug-likeness (QED) is 0.831. The number of halogens is 1. The van der Waals surface area contributed by atoms with Crippen LogP contribution in [0.3, 0.4) is 0 Å². The van der Waals surface area contributed by atoms with E-state index < -0.39 is 11.8 Å². The molecule has 0 radical (unpaired) electrons. The number of pyridine rings is 1. The molecule has 0 fully saturated rings. The number of hydrogen-bond donors (Lipinski definition) is 2. The predicted molar refractivity (Wildman–Crippen MR) is 75.6 cm³/mol. The van der Waals surface area contributed by atoms with Crippen LogP contribution in [0, 0.1) is 0 Å². The molecule has 20 heavy (non-hydrogen) atoms. The van der Waals surface area contributed by atoms with E-state index in [4.69, 9.17) is 11.6 Å². The molecule has 0 unspecified atom stereocenters. The fourth-order valence-electron chi connectivity index (χ4n) is 1.41. The Balaban J connectivity index is 1.88. The van der Waals surface area contributed by atoms with Gasteiger partial charge in [-0.25, -0.2) is 0 Å². The standard InChI is InChI=1S/C12H10ClN3O3S/c13-9-5-4-8(20-9)12(19)15-14-10(17)7-16-6-2-1-3-11(16)18/h1-6H,7H2,(H,14,17)(H,15,19). The van der Waals surface area contributed by atoms with Gasteiger partial charge >= 0.3 is 0 Å². The maximum Gasteiger partial charge on any atom is 0.279 e. The lowest BCUT2D eigenvalue weighted by atomic mass is 10.4. The second-order valence-corrected chi connectivity index (χ2v) is 5.49. The van der Waals surface area contributed by atoms with Crippen LogP contribution in [0.4, 0.5) is 0 Å². The normalized spacial score (nSPS) is 10.1. The molecule has 0 bridgehead atoms. The Morgan fingerprint density at radius 2 is 2.00 bits per heavy atom. The molecule has 2 rings (SSSR count). The van der Waals surface area contributed by atoms with Crippen molar-refractivity contribution in [2.24, 2.45) is 0 Å². The molecule has 0 aliphatic rings. The van der Waals surface area contributed by atoms with E-state index in [1.54, 1.807) is 24.3 Å². The van der Waals surface area contributed by atoms with Crippen molar-refractivity contribution in [3.8, 4) is 0 Å². The molecule has 0 aliphatic carbocycles. The molecule has 2 aromatic rings. The Kier molecular flexibility index (Phi) is 4.54. The third-order valence-corrected chi connectivity index (χ3v) is 3.56. The summed E-state index contributed by atoms with van der Waals surface area (Å²) in [6.07, 6.45) is 1.49. The Bertz CT molecular complexity index is 695. The molecular formula is C12H10ClN3O3S. The second kappa shape index (κ2) is 6.36. The van der Waals surface area contributed by atoms with Crippen LogP contribution < -0.4 is 16.4 Å². The van der Waals surface area contributed by atoms with E-state index in [0.717, 1.165) is 11.3 Å². The van der Waals surface area contributed by atoms with Crippen molar-refractivity contribution in [1.82, 2.24) is 15.4 Å². The van der Waals surface area contributed by atoms with Crippen LogP contribution in [-0.2, 0) is 11.3 Å². The van der Waals surface area contributed by atoms with Crippen molar-refractivity contribution in [3.05, 3.63) is 56.1 Å². The van der Waals surface area contributed by atoms with Crippen molar-refractivity contribution in [2.45, 2.75) is 6.54 Å². The van der Waals surface area contributed by atoms with E-state index in [2.05, 4.69) is 10.9 Å². The van der Waals surface area contributed by atoms with Gasteiger partial charge in [-0.2, -0.15) is 0 Å². The average molecular weight is 312 g/mol. The zero-order valence-electron chi connectivity index (χ0n) is 10.1. The number of nitrogens with one attached hydrogen (secondary N) is 2. The minimum absolute atomic E-state index is 0.175. The number of hydrogen-bond acceptors (Lipinski definition) is 4. The van der Waals surface area contributed by atoms with Gasteiger partial charge in [-0.3, -0.25) is 25.2 Å². The van der Waals surface area contributed by atoms with Crippen molar-refractivity contribution in [3.63, 3.8) is 0 Å². The van der Waals surface area contributed by atoms with Crippen LogP contribution in [0.25, 0.3) is 0 Å². The van der Waals surface area contributed by atoms with E-state index >= 15 is 0 Å². The molecule has 0 aromatic carbocycles. The predicted octanol–water partition coefficient (Wildman–Crippen LogP) is 1.02. The Morgan fingerprint density at radius 1 is 1.20 bits per heavy atom. The molecule has 6 nitrogen and oxygen atoms in total. The van der Waals surface area contributed by atoms with Crippen molar-refractivity contribution < 1.29 is 9.59 Å². The first-order valence-corrected chi connectivity index (χ1v) is 6.76. The van der Waals surface area contributed by atoms with E-state index in [1.165, 1.54) is 16.8 Å². The van der Waals surface area contributed by atoms with Gasteiger partial charge in [-0.1, -0.05) is 17.7 Å². The van der Waals surface area contributed by atoms with E-state index in [1.807, 2.05) is 0 Å². The van der Waals surface area contributed by atoms with Crippen LogP contribution in [0.15, 0.2) is 41.3 Å². The summed E-state index contributed by atoms with van der Waals surface area (Å²) in [6, 6.07) is 7.71. The molecule has 0 spiro atoms. The number of hydrazine groups is 1. The summed E-state index contributed by atoms with van der Waals surface area (Å²) in [5.41, 5.74) is 4.19. The highest BCUT2D eigenvalue weighted by Gasteiger charge is 2.10. The van der Waals surface area contributed by atoms with Crippen LogP contribution >= 0.6 is 22.9 Å². The van der Waals surface area contributed by atoms with E-state index in [9.17, 15) is 14.4 Å². The fourth-order valence-corrected chi connectivity index (χ4v) is 2.35. The minimum atomic E-state index is -0.505. The van der Waals surface area contributed by atoms with Gasteiger partial charge in [-0.05, 0) is 18.2 Å². The lowest BCUT2D eigenvalue weighted by Crippen LogP contribution is -2.43. The summed E-state index contributed by atoms with van der Waals surface area (Å²) < 4.78 is 1.71. The minimum Gasteiger partial charge on any atom is -0.306 e. The Hall–Kier alpha value is -2.12. The first-order valence-electron chi connectivity index (χ1n) is 5.56. The number of carbonyl (C=O) groups is 2. The highest BCUT2D eigenvalue weighted by Crippen LogP contribution is 2.20. The summed E-state index contributed by atoms with van der Waals surface area (Å²) >= 11 is 6.81. The zero-order chi connectivity index (χ0) is 14.5. The van der Waals surface area contributed by atoms with Crippen LogP contribution in [-0.4, -0.2) is 16.4 Å². The third kappa shape index (κ3) is 3.69. The van der Waals surface area contributed by atoms with E-state index in [0.29, 0.717) is 9.21 Å². The average Bonchev–Trinajstić information content (AvgIpc) is 2.85. The van der Waals surface area contributed by atoms with Gasteiger partial charge in [0.15, 0.2) is 0 Å². The smallest absolute Gasteiger partial charge is 0.279 e. The summed E-state index contributed by atoms with van der Waals surface area (Å²) in [7, 11) is 0. The van der Waals surface area contributed by atoms with Gasteiger partial charge in [-0.15, -0.1) is 11.3 Å². The zero-order valence-corrected chi connectivity index (χ0v) is 11.7. The number of amides is 2. The molecule has 2 heterocycles. The third-order valence-electron chi connectivity index (χ3n) is 2.33. The number of carbonyl (C=O) groups excluding carboxylic acids is 2. The maximum atomic E-state index is 11.6. The highest BCUT2D eigenvalue weighted by atomic mass is 35.5. The molecule has 0 saturated carbocycles. The molecule has 104 valence electrons. The number of rotatable bonds is 3. The summed E-state index contributed by atoms with van der Waals surface area (Å²) in [5.74, 6) is -0.968. The molecule has 2 amide bonds. The molecule has 2 aromatic heterocycles. The first kappa shape index (κ1) is 14.3. The Morgan fingerprint density at radius 3 is 2.65 bits per heavy atom. The van der Waals surface area contributed by atoms with Crippen molar-refractivity contribution in [1.29, 1.82) is 0 Å². The van der Waals surface area contributed by atoms with Crippen LogP contribution in [0.5, 0.6) is 0 Å². The summed E-state index contributed by atoms with van der Waals surface area (Å²) in [5, 5.41) is 0. The maximum absolute atomic E-state index is 11.6. The van der Waals surface area contributed by atoms with Crippen molar-refractivity contribution in [2.75, 3.05) is 0 Å². The van der Waals surface area contributed by atoms with Gasteiger partial charge in [0.1, 0.15) is 6.54 Å².